The minimum absolute atomic E-state index is 0.203. The van der Waals surface area contributed by atoms with Gasteiger partial charge in [-0.3, -0.25) is 15.6 Å². The molecule has 0 bridgehead atoms. The Morgan fingerprint density at radius 2 is 1.76 bits per heavy atom. The molecule has 5 nitrogen and oxygen atoms in total. The molecule has 1 heterocycles. The first-order chi connectivity index (χ1) is 10.2. The molecule has 0 saturated heterocycles. The van der Waals surface area contributed by atoms with Gasteiger partial charge in [-0.05, 0) is 18.4 Å². The summed E-state index contributed by atoms with van der Waals surface area (Å²) in [5.41, 5.74) is 6.89. The highest BCUT2D eigenvalue weighted by Crippen LogP contribution is 2.12. The maximum atomic E-state index is 12.0. The minimum atomic E-state index is -0.203. The van der Waals surface area contributed by atoms with E-state index < -0.39 is 0 Å². The molecule has 21 heavy (non-hydrogen) atoms. The summed E-state index contributed by atoms with van der Waals surface area (Å²) in [5, 5.41) is 0.621. The number of hydrazine groups is 1. The van der Waals surface area contributed by atoms with Crippen molar-refractivity contribution in [3.8, 4) is 0 Å². The van der Waals surface area contributed by atoms with Gasteiger partial charge in [-0.15, -0.1) is 0 Å². The van der Waals surface area contributed by atoms with Gasteiger partial charge in [0.05, 0.1) is 11.3 Å². The molecule has 0 aliphatic carbocycles. The van der Waals surface area contributed by atoms with E-state index in [9.17, 15) is 4.79 Å². The van der Waals surface area contributed by atoms with Crippen LogP contribution in [0.15, 0.2) is 59.9 Å². The second-order valence-electron chi connectivity index (χ2n) is 4.29. The highest BCUT2D eigenvalue weighted by molar-refractivity contribution is 8.13. The van der Waals surface area contributed by atoms with Crippen molar-refractivity contribution >= 4 is 28.5 Å². The summed E-state index contributed by atoms with van der Waals surface area (Å²) in [5.74, 6) is -0.203. The molecule has 108 valence electrons. The van der Waals surface area contributed by atoms with Crippen LogP contribution in [0.2, 0.25) is 0 Å². The third kappa shape index (κ3) is 4.61. The molecule has 0 saturated carbocycles. The molecular weight excluding hydrogens is 284 g/mol. The summed E-state index contributed by atoms with van der Waals surface area (Å²) < 4.78 is 1.87. The molecule has 0 radical (unpaired) electrons. The first-order valence-corrected chi connectivity index (χ1v) is 7.61. The van der Waals surface area contributed by atoms with Gasteiger partial charge in [0.2, 0.25) is 0 Å². The molecule has 0 spiro atoms. The Balaban J connectivity index is 1.98. The summed E-state index contributed by atoms with van der Waals surface area (Å²) in [6.45, 7) is 0. The molecule has 2 N–H and O–H groups in total. The summed E-state index contributed by atoms with van der Waals surface area (Å²) in [6.07, 6.45) is 5.54. The third-order valence-electron chi connectivity index (χ3n) is 2.70. The number of benzene rings is 1. The van der Waals surface area contributed by atoms with Gasteiger partial charge < -0.3 is 0 Å². The van der Waals surface area contributed by atoms with Crippen LogP contribution in [0.25, 0.3) is 0 Å². The lowest BCUT2D eigenvalue weighted by atomic mass is 10.2. The summed E-state index contributed by atoms with van der Waals surface area (Å²) in [7, 11) is 1.90. The number of aromatic nitrogens is 1. The summed E-state index contributed by atoms with van der Waals surface area (Å²) in [4.78, 5) is 16.4. The Hall–Kier alpha value is -2.34. The maximum Gasteiger partial charge on any atom is 0.270 e. The quantitative estimate of drug-likeness (QED) is 0.385. The van der Waals surface area contributed by atoms with Crippen LogP contribution in [0.4, 0.5) is 5.69 Å². The maximum absolute atomic E-state index is 12.0. The lowest BCUT2D eigenvalue weighted by molar-refractivity contribution is -0.671. The van der Waals surface area contributed by atoms with Crippen molar-refractivity contribution in [2.24, 2.45) is 12.0 Å². The molecule has 2 aromatic rings. The average Bonchev–Trinajstić information content (AvgIpc) is 2.52. The lowest BCUT2D eigenvalue weighted by Gasteiger charge is -2.09. The number of carbonyl (C=O) groups is 1. The number of aryl methyl sites for hydroxylation is 1. The Morgan fingerprint density at radius 3 is 2.38 bits per heavy atom. The molecule has 0 aliphatic rings. The zero-order chi connectivity index (χ0) is 15.1. The fourth-order valence-electron chi connectivity index (χ4n) is 1.58. The molecule has 0 aliphatic heterocycles. The van der Waals surface area contributed by atoms with E-state index in [1.54, 1.807) is 12.1 Å². The van der Waals surface area contributed by atoms with Gasteiger partial charge >= 0.3 is 0 Å². The average molecular weight is 301 g/mol. The number of amidine groups is 1. The van der Waals surface area contributed by atoms with Gasteiger partial charge in [-0.1, -0.05) is 30.0 Å². The number of hydrogen-bond acceptors (Lipinski definition) is 3. The van der Waals surface area contributed by atoms with Gasteiger partial charge in [0.1, 0.15) is 7.05 Å². The number of para-hydroxylation sites is 1. The van der Waals surface area contributed by atoms with E-state index in [2.05, 4.69) is 15.8 Å². The Bertz CT molecular complexity index is 626. The van der Waals surface area contributed by atoms with E-state index in [-0.39, 0.29) is 5.91 Å². The van der Waals surface area contributed by atoms with Crippen molar-refractivity contribution in [1.82, 2.24) is 10.9 Å². The number of aliphatic imine (C=N–C) groups is 1. The largest absolute Gasteiger partial charge is 0.276 e. The molecule has 6 heteroatoms. The number of thioether (sulfide) groups is 1. The van der Waals surface area contributed by atoms with Crippen LogP contribution in [-0.4, -0.2) is 17.3 Å². The lowest BCUT2D eigenvalue weighted by Crippen LogP contribution is -2.40. The van der Waals surface area contributed by atoms with Gasteiger partial charge in [0, 0.05) is 12.1 Å². The number of rotatable bonds is 2. The number of nitrogens with one attached hydrogen (secondary N) is 2. The monoisotopic (exact) mass is 301 g/mol. The number of nitrogens with zero attached hydrogens (tertiary/aromatic N) is 2. The zero-order valence-corrected chi connectivity index (χ0v) is 12.7. The SMILES string of the molecule is CSC(=Nc1ccccc1)NNC(=O)c1cc[n+](C)cc1. The number of hydrogen-bond donors (Lipinski definition) is 2. The van der Waals surface area contributed by atoms with Gasteiger partial charge in [0.25, 0.3) is 5.91 Å². The number of amides is 1. The van der Waals surface area contributed by atoms with Crippen molar-refractivity contribution in [2.45, 2.75) is 0 Å². The second-order valence-corrected chi connectivity index (χ2v) is 5.08. The van der Waals surface area contributed by atoms with Gasteiger partial charge in [-0.2, -0.15) is 0 Å². The topological polar surface area (TPSA) is 57.4 Å². The Labute approximate surface area is 128 Å². The van der Waals surface area contributed by atoms with E-state index in [1.807, 2.05) is 60.6 Å². The highest BCUT2D eigenvalue weighted by Gasteiger charge is 2.07. The van der Waals surface area contributed by atoms with E-state index in [0.717, 1.165) is 5.69 Å². The molecule has 0 fully saturated rings. The molecule has 1 aromatic heterocycles. The van der Waals surface area contributed by atoms with Crippen molar-refractivity contribution in [3.63, 3.8) is 0 Å². The van der Waals surface area contributed by atoms with Crippen LogP contribution in [0, 0.1) is 0 Å². The van der Waals surface area contributed by atoms with Gasteiger partial charge in [0.15, 0.2) is 17.6 Å². The molecule has 1 amide bonds. The summed E-state index contributed by atoms with van der Waals surface area (Å²) >= 11 is 1.42. The smallest absolute Gasteiger partial charge is 0.270 e. The second kappa shape index (κ2) is 7.44. The van der Waals surface area contributed by atoms with E-state index in [1.165, 1.54) is 11.8 Å². The van der Waals surface area contributed by atoms with Crippen LogP contribution in [-0.2, 0) is 7.05 Å². The van der Waals surface area contributed by atoms with Crippen molar-refractivity contribution < 1.29 is 9.36 Å². The number of carbonyl (C=O) groups excluding carboxylic acids is 1. The highest BCUT2D eigenvalue weighted by atomic mass is 32.2. The molecule has 0 atom stereocenters. The Morgan fingerprint density at radius 1 is 1.10 bits per heavy atom. The zero-order valence-electron chi connectivity index (χ0n) is 11.9. The van der Waals surface area contributed by atoms with Crippen molar-refractivity contribution in [1.29, 1.82) is 0 Å². The molecule has 0 unspecified atom stereocenters. The van der Waals surface area contributed by atoms with E-state index >= 15 is 0 Å². The first kappa shape index (κ1) is 15.1. The van der Waals surface area contributed by atoms with Crippen LogP contribution in [0.3, 0.4) is 0 Å². The molecule has 2 rings (SSSR count). The predicted molar refractivity (Wildman–Crippen MR) is 85.3 cm³/mol. The van der Waals surface area contributed by atoms with Crippen LogP contribution < -0.4 is 15.4 Å². The number of pyridine rings is 1. The van der Waals surface area contributed by atoms with Crippen LogP contribution in [0.5, 0.6) is 0 Å². The Kier molecular flexibility index (Phi) is 5.34. The normalized spacial score (nSPS) is 11.0. The van der Waals surface area contributed by atoms with E-state index in [4.69, 9.17) is 0 Å². The third-order valence-corrected chi connectivity index (χ3v) is 3.28. The van der Waals surface area contributed by atoms with Crippen LogP contribution in [0.1, 0.15) is 10.4 Å². The first-order valence-electron chi connectivity index (χ1n) is 6.38. The predicted octanol–water partition coefficient (Wildman–Crippen LogP) is 1.80. The van der Waals surface area contributed by atoms with Gasteiger partial charge in [-0.25, -0.2) is 9.56 Å². The van der Waals surface area contributed by atoms with Crippen molar-refractivity contribution in [3.05, 3.63) is 60.4 Å². The fraction of sp³-hybridized carbons (Fsp3) is 0.133. The summed E-state index contributed by atoms with van der Waals surface area (Å²) in [6, 6.07) is 13.1. The molecule has 1 aromatic carbocycles. The fourth-order valence-corrected chi connectivity index (χ4v) is 1.93. The minimum Gasteiger partial charge on any atom is -0.276 e. The standard InChI is InChI=1S/C15H16N4OS/c1-19-10-8-12(9-11-19)14(20)17-18-15(21-2)16-13-6-4-3-5-7-13/h3-11,20H,1-2H3/p+1. The molecular formula is C15H17N4OS+. The van der Waals surface area contributed by atoms with E-state index in [0.29, 0.717) is 10.7 Å². The van der Waals surface area contributed by atoms with Crippen LogP contribution >= 0.6 is 11.8 Å². The van der Waals surface area contributed by atoms with Crippen molar-refractivity contribution in [2.75, 3.05) is 6.26 Å².